The van der Waals surface area contributed by atoms with Crippen molar-refractivity contribution in [1.82, 2.24) is 19.6 Å². The molecule has 4 N–H and O–H groups in total. The molecule has 1 aromatic carbocycles. The second-order valence-corrected chi connectivity index (χ2v) is 9.40. The number of para-hydroxylation sites is 1. The molecule has 0 bridgehead atoms. The zero-order valence-electron chi connectivity index (χ0n) is 17.9. The summed E-state index contributed by atoms with van der Waals surface area (Å²) >= 11 is 0. The van der Waals surface area contributed by atoms with Crippen LogP contribution in [0.15, 0.2) is 46.2 Å². The Morgan fingerprint density at radius 1 is 1.36 bits per heavy atom. The van der Waals surface area contributed by atoms with E-state index in [9.17, 15) is 29.2 Å². The van der Waals surface area contributed by atoms with Gasteiger partial charge in [0.15, 0.2) is 0 Å². The lowest BCUT2D eigenvalue weighted by molar-refractivity contribution is -0.140. The fourth-order valence-electron chi connectivity index (χ4n) is 3.14. The summed E-state index contributed by atoms with van der Waals surface area (Å²) in [6, 6.07) is 6.80. The molecule has 0 saturated carbocycles. The van der Waals surface area contributed by atoms with Crippen LogP contribution in [0.5, 0.6) is 5.75 Å². The molecule has 1 fully saturated rings. The highest BCUT2D eigenvalue weighted by Crippen LogP contribution is 2.46. The topological polar surface area (TPSA) is 182 Å². The first-order chi connectivity index (χ1) is 15.6. The molecule has 0 spiro atoms. The van der Waals surface area contributed by atoms with Crippen molar-refractivity contribution in [2.75, 3.05) is 6.61 Å². The molecule has 13 nitrogen and oxygen atoms in total. The van der Waals surface area contributed by atoms with Crippen molar-refractivity contribution >= 4 is 13.7 Å². The number of aliphatic carboxylic acids is 1. The van der Waals surface area contributed by atoms with E-state index in [0.29, 0.717) is 0 Å². The molecule has 1 saturated heterocycles. The summed E-state index contributed by atoms with van der Waals surface area (Å²) in [6.45, 7) is 2.82. The number of nitrogens with one attached hydrogen (secondary N) is 2. The number of hydrogen-bond donors (Lipinski definition) is 4. The quantitative estimate of drug-likeness (QED) is 0.344. The number of hydrogen-bond acceptors (Lipinski definition) is 9. The molecule has 0 amide bonds. The fourth-order valence-corrected chi connectivity index (χ4v) is 4.81. The average molecular weight is 484 g/mol. The number of ether oxygens (including phenoxy) is 1. The second-order valence-electron chi connectivity index (χ2n) is 7.71. The number of aromatic nitrogens is 3. The Morgan fingerprint density at radius 3 is 2.67 bits per heavy atom. The Kier molecular flexibility index (Phi) is 7.82. The lowest BCUT2D eigenvalue weighted by Crippen LogP contribution is -2.41. The average Bonchev–Trinajstić information content (AvgIpc) is 3.11. The van der Waals surface area contributed by atoms with E-state index in [2.05, 4.69) is 10.1 Å². The zero-order valence-corrected chi connectivity index (χ0v) is 18.8. The van der Waals surface area contributed by atoms with E-state index in [-0.39, 0.29) is 12.2 Å². The first-order valence-corrected chi connectivity index (χ1v) is 11.6. The van der Waals surface area contributed by atoms with Gasteiger partial charge in [-0.25, -0.2) is 14.2 Å². The summed E-state index contributed by atoms with van der Waals surface area (Å²) in [5.74, 6) is -1.51. The van der Waals surface area contributed by atoms with Crippen molar-refractivity contribution in [2.45, 2.75) is 44.7 Å². The van der Waals surface area contributed by atoms with Gasteiger partial charge in [-0.05, 0) is 18.1 Å². The van der Waals surface area contributed by atoms with Crippen molar-refractivity contribution in [3.8, 4) is 5.75 Å². The van der Waals surface area contributed by atoms with Crippen LogP contribution >= 0.6 is 7.75 Å². The van der Waals surface area contributed by atoms with Crippen LogP contribution < -0.4 is 21.0 Å². The molecule has 180 valence electrons. The number of carbonyl (C=O) groups is 1. The van der Waals surface area contributed by atoms with Crippen LogP contribution in [-0.2, 0) is 18.6 Å². The van der Waals surface area contributed by atoms with Crippen molar-refractivity contribution in [1.29, 1.82) is 0 Å². The molecule has 3 rings (SSSR count). The van der Waals surface area contributed by atoms with Gasteiger partial charge in [0.1, 0.15) is 30.5 Å². The molecule has 5 atom stereocenters. The number of carboxylic acids is 1. The molecule has 2 aromatic rings. The van der Waals surface area contributed by atoms with Crippen LogP contribution in [0.1, 0.15) is 26.5 Å². The standard InChI is InChI=1S/C19H25N4O9P/c1-11(2)16(17(25)26)22-33(29,32-12-6-4-3-5-7-12)30-9-14-13(24)8-15(31-14)23-10-20-18(27)21-19(23)28/h3-7,10-11,13-16,24H,8-9H2,1-2H3,(H,22,29)(H,25,26)(H,21,27,28)/t13-,14+,15+,16-,33?/m0/s1. The summed E-state index contributed by atoms with van der Waals surface area (Å²) in [4.78, 5) is 40.2. The van der Waals surface area contributed by atoms with Crippen LogP contribution in [0.3, 0.4) is 0 Å². The van der Waals surface area contributed by atoms with E-state index in [1.165, 1.54) is 12.1 Å². The number of rotatable bonds is 10. The third-order valence-electron chi connectivity index (χ3n) is 4.87. The Hall–Kier alpha value is -2.83. The molecule has 1 aliphatic rings. The number of nitrogens with zero attached hydrogens (tertiary/aromatic N) is 2. The molecule has 33 heavy (non-hydrogen) atoms. The first-order valence-electron chi connectivity index (χ1n) is 10.1. The van der Waals surface area contributed by atoms with Crippen molar-refractivity contribution in [3.05, 3.63) is 57.6 Å². The van der Waals surface area contributed by atoms with Crippen molar-refractivity contribution in [2.24, 2.45) is 5.92 Å². The first kappa shape index (κ1) is 24.8. The number of benzene rings is 1. The molecule has 1 aromatic heterocycles. The smallest absolute Gasteiger partial charge is 0.459 e. The Morgan fingerprint density at radius 2 is 2.06 bits per heavy atom. The van der Waals surface area contributed by atoms with Gasteiger partial charge < -0.3 is 19.5 Å². The maximum Gasteiger partial charge on any atom is 0.459 e. The third-order valence-corrected chi connectivity index (χ3v) is 6.40. The van der Waals surface area contributed by atoms with Crippen LogP contribution in [0.2, 0.25) is 0 Å². The van der Waals surface area contributed by atoms with Gasteiger partial charge in [0.25, 0.3) is 0 Å². The predicted octanol–water partition coefficient (Wildman–Crippen LogP) is 0.483. The van der Waals surface area contributed by atoms with Gasteiger partial charge in [0.05, 0.1) is 12.7 Å². The highest BCUT2D eigenvalue weighted by molar-refractivity contribution is 7.52. The maximum atomic E-state index is 13.4. The van der Waals surface area contributed by atoms with E-state index in [1.807, 2.05) is 4.98 Å². The lowest BCUT2D eigenvalue weighted by Gasteiger charge is -2.26. The monoisotopic (exact) mass is 484 g/mol. The SMILES string of the molecule is CC(C)[C@H](NP(=O)(OC[C@H]1O[C@@H](n2cnc(=O)[nH]c2=O)C[C@@H]1O)Oc1ccccc1)C(=O)O. The molecule has 1 unspecified atom stereocenters. The minimum Gasteiger partial charge on any atom is -0.480 e. The molecular formula is C19H25N4O9P. The van der Waals surface area contributed by atoms with Gasteiger partial charge in [-0.15, -0.1) is 0 Å². The van der Waals surface area contributed by atoms with E-state index >= 15 is 0 Å². The van der Waals surface area contributed by atoms with Crippen LogP contribution in [0.4, 0.5) is 0 Å². The lowest BCUT2D eigenvalue weighted by atomic mass is 10.1. The number of aliphatic hydroxyl groups is 1. The normalized spacial score (nSPS) is 23.2. The number of H-pyrrole nitrogens is 1. The summed E-state index contributed by atoms with van der Waals surface area (Å²) < 4.78 is 31.0. The van der Waals surface area contributed by atoms with Gasteiger partial charge in [0.2, 0.25) is 0 Å². The largest absolute Gasteiger partial charge is 0.480 e. The number of aromatic amines is 1. The minimum absolute atomic E-state index is 0.0251. The molecule has 0 radical (unpaired) electrons. The van der Waals surface area contributed by atoms with Crippen LogP contribution in [0.25, 0.3) is 0 Å². The van der Waals surface area contributed by atoms with Gasteiger partial charge in [0, 0.05) is 6.42 Å². The number of aliphatic hydroxyl groups excluding tert-OH is 1. The van der Waals surface area contributed by atoms with E-state index < -0.39 is 62.1 Å². The summed E-state index contributed by atoms with van der Waals surface area (Å²) in [5, 5.41) is 22.3. The van der Waals surface area contributed by atoms with Crippen LogP contribution in [0, 0.1) is 5.92 Å². The summed E-state index contributed by atoms with van der Waals surface area (Å²) in [5.41, 5.74) is -1.59. The third kappa shape index (κ3) is 6.36. The van der Waals surface area contributed by atoms with E-state index in [4.69, 9.17) is 13.8 Å². The molecule has 14 heteroatoms. The van der Waals surface area contributed by atoms with Crippen molar-refractivity contribution < 1.29 is 33.4 Å². The summed E-state index contributed by atoms with van der Waals surface area (Å²) in [7, 11) is -4.24. The maximum absolute atomic E-state index is 13.4. The van der Waals surface area contributed by atoms with Crippen LogP contribution in [-0.4, -0.2) is 55.6 Å². The Bertz CT molecular complexity index is 1120. The predicted molar refractivity (Wildman–Crippen MR) is 114 cm³/mol. The van der Waals surface area contributed by atoms with Gasteiger partial charge >= 0.3 is 25.1 Å². The molecular weight excluding hydrogens is 459 g/mol. The Labute approximate surface area is 187 Å². The van der Waals surface area contributed by atoms with E-state index in [0.717, 1.165) is 10.9 Å². The minimum atomic E-state index is -4.24. The van der Waals surface area contributed by atoms with Gasteiger partial charge in [-0.3, -0.25) is 18.9 Å². The highest BCUT2D eigenvalue weighted by Gasteiger charge is 2.40. The highest BCUT2D eigenvalue weighted by atomic mass is 31.2. The summed E-state index contributed by atoms with van der Waals surface area (Å²) in [6.07, 6.45) is -2.12. The number of carboxylic acid groups (broad SMARTS) is 1. The zero-order chi connectivity index (χ0) is 24.2. The van der Waals surface area contributed by atoms with Crippen molar-refractivity contribution in [3.63, 3.8) is 0 Å². The van der Waals surface area contributed by atoms with Gasteiger partial charge in [-0.2, -0.15) is 10.1 Å². The second kappa shape index (κ2) is 10.4. The fraction of sp³-hybridized carbons (Fsp3) is 0.474. The Balaban J connectivity index is 1.75. The molecule has 1 aliphatic heterocycles. The van der Waals surface area contributed by atoms with E-state index in [1.54, 1.807) is 32.0 Å². The molecule has 2 heterocycles. The molecule has 0 aliphatic carbocycles. The van der Waals surface area contributed by atoms with Gasteiger partial charge in [-0.1, -0.05) is 32.0 Å².